The molecule has 6 heteroatoms. The van der Waals surface area contributed by atoms with E-state index < -0.39 is 0 Å². The van der Waals surface area contributed by atoms with Crippen LogP contribution in [0.4, 0.5) is 0 Å². The highest BCUT2D eigenvalue weighted by Crippen LogP contribution is 2.24. The monoisotopic (exact) mass is 322 g/mol. The summed E-state index contributed by atoms with van der Waals surface area (Å²) in [6, 6.07) is 5.81. The molecule has 19 heavy (non-hydrogen) atoms. The summed E-state index contributed by atoms with van der Waals surface area (Å²) in [5, 5.41) is 0.939. The average Bonchev–Trinajstić information content (AvgIpc) is 2.67. The van der Waals surface area contributed by atoms with Crippen molar-refractivity contribution in [2.75, 3.05) is 6.54 Å². The number of hydrogen-bond donors (Lipinski definition) is 2. The Kier molecular flexibility index (Phi) is 3.73. The van der Waals surface area contributed by atoms with Gasteiger partial charge >= 0.3 is 5.69 Å². The lowest BCUT2D eigenvalue weighted by Crippen LogP contribution is -2.21. The van der Waals surface area contributed by atoms with Crippen LogP contribution in [-0.2, 0) is 6.54 Å². The quantitative estimate of drug-likeness (QED) is 0.759. The normalized spacial score (nSPS) is 10.8. The highest BCUT2D eigenvalue weighted by molar-refractivity contribution is 9.10. The molecule has 0 unspecified atom stereocenters. The number of hydrogen-bond acceptors (Lipinski definition) is 3. The van der Waals surface area contributed by atoms with E-state index in [4.69, 9.17) is 5.73 Å². The van der Waals surface area contributed by atoms with Crippen molar-refractivity contribution >= 4 is 37.9 Å². The first-order chi connectivity index (χ1) is 8.70. The lowest BCUT2D eigenvalue weighted by molar-refractivity contribution is 0.704. The molecule has 100 valence electrons. The number of aromatic nitrogens is 3. The lowest BCUT2D eigenvalue weighted by atomic mass is 10.2. The predicted molar refractivity (Wildman–Crippen MR) is 81.3 cm³/mol. The first kappa shape index (κ1) is 13.8. The van der Waals surface area contributed by atoms with Crippen molar-refractivity contribution in [3.05, 3.63) is 39.4 Å². The van der Waals surface area contributed by atoms with Gasteiger partial charge in [-0.05, 0) is 18.2 Å². The largest absolute Gasteiger partial charge is 0.329 e. The van der Waals surface area contributed by atoms with E-state index in [1.165, 1.54) is 0 Å². The molecule has 0 aliphatic rings. The van der Waals surface area contributed by atoms with Gasteiger partial charge in [-0.1, -0.05) is 23.4 Å². The molecule has 3 N–H and O–H groups in total. The fourth-order valence-electron chi connectivity index (χ4n) is 2.16. The van der Waals surface area contributed by atoms with E-state index in [9.17, 15) is 4.79 Å². The maximum atomic E-state index is 11.9. The van der Waals surface area contributed by atoms with Crippen LogP contribution in [0, 0.1) is 0 Å². The minimum absolute atomic E-state index is 0. The highest BCUT2D eigenvalue weighted by Gasteiger charge is 2.10. The van der Waals surface area contributed by atoms with Crippen LogP contribution in [0.1, 0.15) is 7.43 Å². The summed E-state index contributed by atoms with van der Waals surface area (Å²) < 4.78 is 2.61. The van der Waals surface area contributed by atoms with Gasteiger partial charge in [0, 0.05) is 22.9 Å². The minimum Gasteiger partial charge on any atom is -0.329 e. The summed E-state index contributed by atoms with van der Waals surface area (Å²) >= 11 is 3.44. The second-order valence-electron chi connectivity index (χ2n) is 4.05. The van der Waals surface area contributed by atoms with Gasteiger partial charge in [0.2, 0.25) is 0 Å². The number of nitrogens with two attached hydrogens (primary N) is 1. The van der Waals surface area contributed by atoms with E-state index in [-0.39, 0.29) is 13.1 Å². The van der Waals surface area contributed by atoms with Gasteiger partial charge in [-0.25, -0.2) is 4.79 Å². The maximum absolute atomic E-state index is 11.9. The van der Waals surface area contributed by atoms with Crippen LogP contribution in [0.2, 0.25) is 0 Å². The van der Waals surface area contributed by atoms with Gasteiger partial charge in [-0.2, -0.15) is 0 Å². The van der Waals surface area contributed by atoms with Crippen LogP contribution < -0.4 is 11.4 Å². The second kappa shape index (κ2) is 5.14. The fourth-order valence-corrected chi connectivity index (χ4v) is 2.52. The smallest absolute Gasteiger partial charge is 0.326 e. The number of aromatic amines is 1. The Morgan fingerprint density at radius 2 is 2.21 bits per heavy atom. The van der Waals surface area contributed by atoms with Crippen molar-refractivity contribution in [2.24, 2.45) is 5.73 Å². The molecule has 0 aliphatic carbocycles. The van der Waals surface area contributed by atoms with E-state index in [1.54, 1.807) is 10.8 Å². The number of rotatable bonds is 2. The standard InChI is InChI=1S/C12H11BrN4O.CH4/c13-7-1-2-9-8(5-7)11-10(6-15-9)16-12(18)17(11)4-3-14;/h1-2,5-6H,3-4,14H2,(H,16,18);1H4. The Hall–Kier alpha value is -1.66. The topological polar surface area (TPSA) is 76.7 Å². The zero-order chi connectivity index (χ0) is 12.7. The summed E-state index contributed by atoms with van der Waals surface area (Å²) in [5.74, 6) is 0. The molecule has 0 aliphatic heterocycles. The van der Waals surface area contributed by atoms with Gasteiger partial charge in [0.1, 0.15) is 0 Å². The van der Waals surface area contributed by atoms with Crippen molar-refractivity contribution < 1.29 is 0 Å². The Morgan fingerprint density at radius 3 is 2.95 bits per heavy atom. The van der Waals surface area contributed by atoms with Gasteiger partial charge in [-0.3, -0.25) is 9.55 Å². The molecule has 0 radical (unpaired) electrons. The molecular weight excluding hydrogens is 308 g/mol. The van der Waals surface area contributed by atoms with Crippen LogP contribution in [-0.4, -0.2) is 21.1 Å². The first-order valence-electron chi connectivity index (χ1n) is 5.57. The van der Waals surface area contributed by atoms with Gasteiger partial charge < -0.3 is 10.7 Å². The lowest BCUT2D eigenvalue weighted by Gasteiger charge is -2.04. The Labute approximate surface area is 118 Å². The fraction of sp³-hybridized carbons (Fsp3) is 0.231. The second-order valence-corrected chi connectivity index (χ2v) is 4.97. The molecule has 3 rings (SSSR count). The van der Waals surface area contributed by atoms with Crippen molar-refractivity contribution in [1.82, 2.24) is 14.5 Å². The third kappa shape index (κ3) is 2.17. The molecule has 2 aromatic heterocycles. The highest BCUT2D eigenvalue weighted by atomic mass is 79.9. The summed E-state index contributed by atoms with van der Waals surface area (Å²) in [4.78, 5) is 19.0. The molecule has 1 aromatic carbocycles. The van der Waals surface area contributed by atoms with Crippen molar-refractivity contribution in [1.29, 1.82) is 0 Å². The summed E-state index contributed by atoms with van der Waals surface area (Å²) in [7, 11) is 0. The van der Waals surface area contributed by atoms with Crippen LogP contribution in [0.5, 0.6) is 0 Å². The Bertz CT molecular complexity index is 790. The van der Waals surface area contributed by atoms with Gasteiger partial charge in [-0.15, -0.1) is 0 Å². The van der Waals surface area contributed by atoms with Gasteiger partial charge in [0.15, 0.2) is 0 Å². The summed E-state index contributed by atoms with van der Waals surface area (Å²) in [6.45, 7) is 0.912. The summed E-state index contributed by atoms with van der Waals surface area (Å²) in [5.41, 5.74) is 7.86. The van der Waals surface area contributed by atoms with E-state index >= 15 is 0 Å². The van der Waals surface area contributed by atoms with Crippen molar-refractivity contribution in [3.8, 4) is 0 Å². The van der Waals surface area contributed by atoms with Gasteiger partial charge in [0.05, 0.1) is 22.7 Å². The van der Waals surface area contributed by atoms with E-state index in [1.807, 2.05) is 18.2 Å². The molecule has 0 bridgehead atoms. The first-order valence-corrected chi connectivity index (χ1v) is 6.37. The van der Waals surface area contributed by atoms with Crippen molar-refractivity contribution in [3.63, 3.8) is 0 Å². The molecule has 0 spiro atoms. The van der Waals surface area contributed by atoms with Gasteiger partial charge in [0.25, 0.3) is 0 Å². The number of halogens is 1. The van der Waals surface area contributed by atoms with Crippen LogP contribution >= 0.6 is 15.9 Å². The maximum Gasteiger partial charge on any atom is 0.326 e. The molecule has 5 nitrogen and oxygen atoms in total. The molecule has 0 atom stereocenters. The Morgan fingerprint density at radius 1 is 1.42 bits per heavy atom. The summed E-state index contributed by atoms with van der Waals surface area (Å²) in [6.07, 6.45) is 1.68. The molecule has 3 aromatic rings. The molecule has 2 heterocycles. The number of imidazole rings is 1. The van der Waals surface area contributed by atoms with Crippen molar-refractivity contribution in [2.45, 2.75) is 14.0 Å². The third-order valence-corrected chi connectivity index (χ3v) is 3.40. The van der Waals surface area contributed by atoms with E-state index in [0.29, 0.717) is 13.1 Å². The Balaban J connectivity index is 0.00000133. The predicted octanol–water partition coefficient (Wildman–Crippen LogP) is 2.24. The SMILES string of the molecule is C.NCCn1c(=O)[nH]c2cnc3ccc(Br)cc3c21. The molecule has 0 fully saturated rings. The number of nitrogens with zero attached hydrogens (tertiary/aromatic N) is 2. The zero-order valence-electron chi connectivity index (χ0n) is 9.48. The third-order valence-electron chi connectivity index (χ3n) is 2.91. The number of benzene rings is 1. The molecule has 0 saturated carbocycles. The van der Waals surface area contributed by atoms with Crippen LogP contribution in [0.25, 0.3) is 21.9 Å². The number of fused-ring (bicyclic) bond motifs is 3. The number of nitrogens with one attached hydrogen (secondary N) is 1. The van der Waals surface area contributed by atoms with Crippen LogP contribution in [0.15, 0.2) is 33.7 Å². The number of H-pyrrole nitrogens is 1. The number of pyridine rings is 1. The zero-order valence-corrected chi connectivity index (χ0v) is 11.1. The average molecular weight is 323 g/mol. The molecular formula is C13H15BrN4O. The van der Waals surface area contributed by atoms with E-state index in [2.05, 4.69) is 25.9 Å². The van der Waals surface area contributed by atoms with E-state index in [0.717, 1.165) is 26.4 Å². The molecule has 0 amide bonds. The van der Waals surface area contributed by atoms with Crippen LogP contribution in [0.3, 0.4) is 0 Å². The minimum atomic E-state index is -0.148. The molecule has 0 saturated heterocycles.